The van der Waals surface area contributed by atoms with Crippen LogP contribution in [0.5, 0.6) is 0 Å². The molecule has 1 atom stereocenters. The van der Waals surface area contributed by atoms with E-state index in [1.807, 2.05) is 18.2 Å². The van der Waals surface area contributed by atoms with E-state index in [0.29, 0.717) is 11.8 Å². The zero-order valence-corrected chi connectivity index (χ0v) is 8.76. The zero-order valence-electron chi connectivity index (χ0n) is 8.76. The smallest absolute Gasteiger partial charge is 0.276 e. The Bertz CT molecular complexity index is 462. The largest absolute Gasteiger partial charge is 0.332 e. The van der Waals surface area contributed by atoms with Crippen molar-refractivity contribution in [2.24, 2.45) is 0 Å². The van der Waals surface area contributed by atoms with Crippen molar-refractivity contribution in [3.05, 3.63) is 30.2 Å². The molecule has 3 heterocycles. The maximum Gasteiger partial charge on any atom is 0.276 e. The molecule has 16 heavy (non-hydrogen) atoms. The molecule has 0 aliphatic carbocycles. The van der Waals surface area contributed by atoms with Crippen molar-refractivity contribution in [3.8, 4) is 11.6 Å². The SMILES string of the molecule is c1ccc(-c2nc(C3CCNC3)no2)nc1. The van der Waals surface area contributed by atoms with Crippen LogP contribution in [0.4, 0.5) is 0 Å². The van der Waals surface area contributed by atoms with Crippen LogP contribution in [0.15, 0.2) is 28.9 Å². The summed E-state index contributed by atoms with van der Waals surface area (Å²) in [6.07, 6.45) is 2.79. The standard InChI is InChI=1S/C11H12N4O/c1-2-5-13-9(3-1)11-14-10(15-16-11)8-4-6-12-7-8/h1-3,5,8,12H,4,6-7H2. The lowest BCUT2D eigenvalue weighted by Crippen LogP contribution is -2.08. The van der Waals surface area contributed by atoms with Gasteiger partial charge in [-0.15, -0.1) is 0 Å². The van der Waals surface area contributed by atoms with Gasteiger partial charge in [-0.1, -0.05) is 11.2 Å². The number of aromatic nitrogens is 3. The summed E-state index contributed by atoms with van der Waals surface area (Å²) >= 11 is 0. The van der Waals surface area contributed by atoms with Gasteiger partial charge in [0.05, 0.1) is 0 Å². The molecule has 2 aromatic rings. The molecule has 0 radical (unpaired) electrons. The third-order valence-corrected chi connectivity index (χ3v) is 2.75. The van der Waals surface area contributed by atoms with E-state index >= 15 is 0 Å². The average Bonchev–Trinajstić information content (AvgIpc) is 3.01. The first-order valence-corrected chi connectivity index (χ1v) is 5.39. The first-order chi connectivity index (χ1) is 7.93. The summed E-state index contributed by atoms with van der Waals surface area (Å²) in [7, 11) is 0. The third kappa shape index (κ3) is 1.69. The number of pyridine rings is 1. The van der Waals surface area contributed by atoms with Crippen LogP contribution < -0.4 is 5.32 Å². The van der Waals surface area contributed by atoms with Crippen molar-refractivity contribution < 1.29 is 4.52 Å². The Morgan fingerprint density at radius 1 is 1.38 bits per heavy atom. The molecule has 1 aliphatic heterocycles. The van der Waals surface area contributed by atoms with Crippen LogP contribution in [-0.4, -0.2) is 28.2 Å². The molecule has 82 valence electrons. The highest BCUT2D eigenvalue weighted by molar-refractivity contribution is 5.45. The summed E-state index contributed by atoms with van der Waals surface area (Å²) < 4.78 is 5.21. The molecule has 1 fully saturated rings. The van der Waals surface area contributed by atoms with Crippen LogP contribution in [0.3, 0.4) is 0 Å². The van der Waals surface area contributed by atoms with Crippen LogP contribution in [0.2, 0.25) is 0 Å². The molecular formula is C11H12N4O. The number of nitrogens with zero attached hydrogens (tertiary/aromatic N) is 3. The van der Waals surface area contributed by atoms with Crippen molar-refractivity contribution in [2.75, 3.05) is 13.1 Å². The Kier molecular flexibility index (Phi) is 2.38. The lowest BCUT2D eigenvalue weighted by Gasteiger charge is -1.98. The van der Waals surface area contributed by atoms with E-state index in [2.05, 4.69) is 20.4 Å². The van der Waals surface area contributed by atoms with Gasteiger partial charge in [-0.2, -0.15) is 4.98 Å². The second-order valence-electron chi connectivity index (χ2n) is 3.86. The molecule has 0 aromatic carbocycles. The number of hydrogen-bond acceptors (Lipinski definition) is 5. The number of rotatable bonds is 2. The lowest BCUT2D eigenvalue weighted by molar-refractivity contribution is 0.416. The average molecular weight is 216 g/mol. The predicted octanol–water partition coefficient (Wildman–Crippen LogP) is 1.21. The maximum absolute atomic E-state index is 5.21. The van der Waals surface area contributed by atoms with Crippen molar-refractivity contribution >= 4 is 0 Å². The fourth-order valence-electron chi connectivity index (χ4n) is 1.87. The molecule has 1 saturated heterocycles. The molecule has 1 N–H and O–H groups in total. The van der Waals surface area contributed by atoms with Crippen LogP contribution >= 0.6 is 0 Å². The Hall–Kier alpha value is -1.75. The molecule has 1 unspecified atom stereocenters. The van der Waals surface area contributed by atoms with E-state index in [1.54, 1.807) is 6.20 Å². The van der Waals surface area contributed by atoms with Crippen molar-refractivity contribution in [2.45, 2.75) is 12.3 Å². The van der Waals surface area contributed by atoms with Gasteiger partial charge in [0.2, 0.25) is 0 Å². The maximum atomic E-state index is 5.21. The highest BCUT2D eigenvalue weighted by Gasteiger charge is 2.22. The van der Waals surface area contributed by atoms with Crippen LogP contribution in [-0.2, 0) is 0 Å². The summed E-state index contributed by atoms with van der Waals surface area (Å²) in [5, 5.41) is 7.29. The summed E-state index contributed by atoms with van der Waals surface area (Å²) in [5.74, 6) is 1.66. The lowest BCUT2D eigenvalue weighted by atomic mass is 10.1. The summed E-state index contributed by atoms with van der Waals surface area (Å²) in [5.41, 5.74) is 0.729. The molecular weight excluding hydrogens is 204 g/mol. The second-order valence-corrected chi connectivity index (χ2v) is 3.86. The van der Waals surface area contributed by atoms with E-state index in [9.17, 15) is 0 Å². The summed E-state index contributed by atoms with van der Waals surface area (Å²) in [6.45, 7) is 1.96. The first-order valence-electron chi connectivity index (χ1n) is 5.39. The van der Waals surface area contributed by atoms with Crippen molar-refractivity contribution in [3.63, 3.8) is 0 Å². The minimum absolute atomic E-state index is 0.376. The second kappa shape index (κ2) is 4.02. The van der Waals surface area contributed by atoms with Gasteiger partial charge in [0.1, 0.15) is 5.69 Å². The van der Waals surface area contributed by atoms with Gasteiger partial charge in [0, 0.05) is 18.7 Å². The van der Waals surface area contributed by atoms with E-state index in [0.717, 1.165) is 31.0 Å². The molecule has 1 aliphatic rings. The predicted molar refractivity (Wildman–Crippen MR) is 57.8 cm³/mol. The first kappa shape index (κ1) is 9.47. The van der Waals surface area contributed by atoms with Gasteiger partial charge in [0.15, 0.2) is 5.82 Å². The van der Waals surface area contributed by atoms with Crippen LogP contribution in [0.25, 0.3) is 11.6 Å². The molecule has 0 bridgehead atoms. The van der Waals surface area contributed by atoms with Crippen molar-refractivity contribution in [1.82, 2.24) is 20.4 Å². The van der Waals surface area contributed by atoms with Crippen LogP contribution in [0, 0.1) is 0 Å². The highest BCUT2D eigenvalue weighted by atomic mass is 16.5. The Morgan fingerprint density at radius 2 is 2.38 bits per heavy atom. The molecule has 5 heteroatoms. The van der Waals surface area contributed by atoms with E-state index in [1.165, 1.54) is 0 Å². The van der Waals surface area contributed by atoms with Crippen molar-refractivity contribution in [1.29, 1.82) is 0 Å². The van der Waals surface area contributed by atoms with Gasteiger partial charge in [-0.3, -0.25) is 4.98 Å². The Labute approximate surface area is 92.9 Å². The van der Waals surface area contributed by atoms with Gasteiger partial charge >= 0.3 is 0 Å². The third-order valence-electron chi connectivity index (χ3n) is 2.75. The highest BCUT2D eigenvalue weighted by Crippen LogP contribution is 2.22. The molecule has 0 amide bonds. The molecule has 2 aromatic heterocycles. The number of hydrogen-bond donors (Lipinski definition) is 1. The molecule has 5 nitrogen and oxygen atoms in total. The quantitative estimate of drug-likeness (QED) is 0.817. The van der Waals surface area contributed by atoms with Gasteiger partial charge in [-0.25, -0.2) is 0 Å². The number of nitrogens with one attached hydrogen (secondary N) is 1. The minimum atomic E-state index is 0.376. The van der Waals surface area contributed by atoms with E-state index in [4.69, 9.17) is 4.52 Å². The molecule has 0 saturated carbocycles. The Morgan fingerprint density at radius 3 is 3.12 bits per heavy atom. The Balaban J connectivity index is 1.87. The summed E-state index contributed by atoms with van der Waals surface area (Å²) in [6, 6.07) is 5.63. The fraction of sp³-hybridized carbons (Fsp3) is 0.364. The van der Waals surface area contributed by atoms with E-state index < -0.39 is 0 Å². The monoisotopic (exact) mass is 216 g/mol. The summed E-state index contributed by atoms with van der Waals surface area (Å²) in [4.78, 5) is 8.56. The van der Waals surface area contributed by atoms with Crippen LogP contribution in [0.1, 0.15) is 18.2 Å². The van der Waals surface area contributed by atoms with Gasteiger partial charge in [0.25, 0.3) is 5.89 Å². The topological polar surface area (TPSA) is 63.8 Å². The minimum Gasteiger partial charge on any atom is -0.332 e. The van der Waals surface area contributed by atoms with Gasteiger partial charge < -0.3 is 9.84 Å². The fourth-order valence-corrected chi connectivity index (χ4v) is 1.87. The zero-order chi connectivity index (χ0) is 10.8. The normalized spacial score (nSPS) is 20.1. The molecule has 3 rings (SSSR count). The van der Waals surface area contributed by atoms with E-state index in [-0.39, 0.29) is 0 Å². The molecule has 0 spiro atoms. The van der Waals surface area contributed by atoms with Gasteiger partial charge in [-0.05, 0) is 25.1 Å².